The lowest BCUT2D eigenvalue weighted by Crippen LogP contribution is -2.43. The standard InChI is InChI=1S/C25H30N4OS/c1-18-4-9-22(14-19(18)2)26-24(30)15-23-17-31-25(27-23)21-7-5-20(6-8-21)16-29-12-10-28(3)11-13-29/h4-9,14,17H,10-13,15-16H2,1-3H3,(H,26,30). The van der Waals surface area contributed by atoms with Gasteiger partial charge < -0.3 is 10.2 Å². The van der Waals surface area contributed by atoms with Gasteiger partial charge in [-0.1, -0.05) is 30.3 Å². The van der Waals surface area contributed by atoms with Crippen molar-refractivity contribution in [3.05, 3.63) is 70.2 Å². The van der Waals surface area contributed by atoms with E-state index >= 15 is 0 Å². The van der Waals surface area contributed by atoms with Crippen molar-refractivity contribution in [2.75, 3.05) is 38.5 Å². The van der Waals surface area contributed by atoms with Crippen molar-refractivity contribution in [2.24, 2.45) is 0 Å². The summed E-state index contributed by atoms with van der Waals surface area (Å²) in [5.41, 5.74) is 6.47. The minimum Gasteiger partial charge on any atom is -0.326 e. The van der Waals surface area contributed by atoms with Gasteiger partial charge in [0.25, 0.3) is 0 Å². The Morgan fingerprint density at radius 2 is 1.77 bits per heavy atom. The molecule has 162 valence electrons. The zero-order valence-electron chi connectivity index (χ0n) is 18.5. The first kappa shape index (κ1) is 21.7. The highest BCUT2D eigenvalue weighted by atomic mass is 32.1. The fourth-order valence-corrected chi connectivity index (χ4v) is 4.55. The number of carbonyl (C=O) groups excluding carboxylic acids is 1. The van der Waals surface area contributed by atoms with Gasteiger partial charge in [-0.2, -0.15) is 0 Å². The number of aromatic nitrogens is 1. The number of likely N-dealkylation sites (N-methyl/N-ethyl adjacent to an activating group) is 1. The summed E-state index contributed by atoms with van der Waals surface area (Å²) < 4.78 is 0. The van der Waals surface area contributed by atoms with E-state index in [-0.39, 0.29) is 12.3 Å². The van der Waals surface area contributed by atoms with Crippen LogP contribution in [0.2, 0.25) is 0 Å². The lowest BCUT2D eigenvalue weighted by molar-refractivity contribution is -0.115. The topological polar surface area (TPSA) is 48.5 Å². The molecule has 0 saturated carbocycles. The third kappa shape index (κ3) is 5.79. The van der Waals surface area contributed by atoms with Crippen LogP contribution in [0.1, 0.15) is 22.4 Å². The molecule has 1 saturated heterocycles. The minimum atomic E-state index is -0.0392. The zero-order valence-corrected chi connectivity index (χ0v) is 19.3. The van der Waals surface area contributed by atoms with E-state index in [2.05, 4.69) is 58.3 Å². The van der Waals surface area contributed by atoms with E-state index in [4.69, 9.17) is 0 Å². The summed E-state index contributed by atoms with van der Waals surface area (Å²) in [6, 6.07) is 14.6. The summed E-state index contributed by atoms with van der Waals surface area (Å²) in [6.07, 6.45) is 0.283. The first-order valence-electron chi connectivity index (χ1n) is 10.8. The smallest absolute Gasteiger partial charge is 0.230 e. The molecule has 3 aromatic rings. The second-order valence-electron chi connectivity index (χ2n) is 8.44. The Morgan fingerprint density at radius 1 is 1.03 bits per heavy atom. The molecule has 6 heteroatoms. The molecule has 1 aliphatic heterocycles. The molecular weight excluding hydrogens is 404 g/mol. The number of benzene rings is 2. The van der Waals surface area contributed by atoms with Crippen LogP contribution in [0.3, 0.4) is 0 Å². The first-order chi connectivity index (χ1) is 15.0. The molecule has 0 unspecified atom stereocenters. The summed E-state index contributed by atoms with van der Waals surface area (Å²) in [7, 11) is 2.18. The van der Waals surface area contributed by atoms with Gasteiger partial charge in [0.05, 0.1) is 12.1 Å². The zero-order chi connectivity index (χ0) is 21.8. The van der Waals surface area contributed by atoms with Gasteiger partial charge in [-0.25, -0.2) is 4.98 Å². The van der Waals surface area contributed by atoms with Gasteiger partial charge in [-0.15, -0.1) is 11.3 Å². The van der Waals surface area contributed by atoms with E-state index in [0.717, 1.165) is 54.7 Å². The van der Waals surface area contributed by atoms with Crippen LogP contribution in [0.25, 0.3) is 10.6 Å². The summed E-state index contributed by atoms with van der Waals surface area (Å²) in [5.74, 6) is -0.0392. The average Bonchev–Trinajstić information content (AvgIpc) is 3.21. The van der Waals surface area contributed by atoms with Crippen LogP contribution in [0, 0.1) is 13.8 Å². The summed E-state index contributed by atoms with van der Waals surface area (Å²) in [5, 5.41) is 5.91. The molecule has 2 heterocycles. The van der Waals surface area contributed by atoms with Gasteiger partial charge in [-0.05, 0) is 49.7 Å². The monoisotopic (exact) mass is 434 g/mol. The second-order valence-corrected chi connectivity index (χ2v) is 9.30. The van der Waals surface area contributed by atoms with E-state index in [1.807, 2.05) is 30.5 Å². The first-order valence-corrected chi connectivity index (χ1v) is 11.7. The highest BCUT2D eigenvalue weighted by Crippen LogP contribution is 2.25. The van der Waals surface area contributed by atoms with Crippen molar-refractivity contribution in [3.8, 4) is 10.6 Å². The Bertz CT molecular complexity index is 1040. The molecule has 4 rings (SSSR count). The molecule has 1 aromatic heterocycles. The van der Waals surface area contributed by atoms with Gasteiger partial charge in [0.2, 0.25) is 5.91 Å². The van der Waals surface area contributed by atoms with Crippen molar-refractivity contribution in [3.63, 3.8) is 0 Å². The summed E-state index contributed by atoms with van der Waals surface area (Å²) in [4.78, 5) is 22.0. The molecule has 2 aromatic carbocycles. The van der Waals surface area contributed by atoms with Crippen LogP contribution < -0.4 is 5.32 Å². The quantitative estimate of drug-likeness (QED) is 0.626. The molecule has 0 bridgehead atoms. The van der Waals surface area contributed by atoms with Gasteiger partial charge in [0.1, 0.15) is 5.01 Å². The summed E-state index contributed by atoms with van der Waals surface area (Å²) >= 11 is 1.59. The molecule has 0 aliphatic carbocycles. The highest BCUT2D eigenvalue weighted by Gasteiger charge is 2.14. The number of aryl methyl sites for hydroxylation is 2. The normalized spacial score (nSPS) is 15.2. The highest BCUT2D eigenvalue weighted by molar-refractivity contribution is 7.13. The van der Waals surface area contributed by atoms with E-state index < -0.39 is 0 Å². The van der Waals surface area contributed by atoms with Crippen molar-refractivity contribution >= 4 is 22.9 Å². The maximum Gasteiger partial charge on any atom is 0.230 e. The van der Waals surface area contributed by atoms with E-state index in [1.165, 1.54) is 16.7 Å². The lowest BCUT2D eigenvalue weighted by Gasteiger charge is -2.32. The largest absolute Gasteiger partial charge is 0.326 e. The van der Waals surface area contributed by atoms with E-state index in [9.17, 15) is 4.79 Å². The molecule has 1 N–H and O–H groups in total. The van der Waals surface area contributed by atoms with Crippen LogP contribution >= 0.6 is 11.3 Å². The Hall–Kier alpha value is -2.54. The number of nitrogens with zero attached hydrogens (tertiary/aromatic N) is 3. The van der Waals surface area contributed by atoms with Crippen molar-refractivity contribution < 1.29 is 4.79 Å². The van der Waals surface area contributed by atoms with Crippen LogP contribution in [0.15, 0.2) is 47.8 Å². The lowest BCUT2D eigenvalue weighted by atomic mass is 10.1. The third-order valence-electron chi connectivity index (χ3n) is 5.89. The van der Waals surface area contributed by atoms with Crippen LogP contribution in [0.5, 0.6) is 0 Å². The van der Waals surface area contributed by atoms with Gasteiger partial charge in [0, 0.05) is 49.4 Å². The van der Waals surface area contributed by atoms with E-state index in [0.29, 0.717) is 0 Å². The number of anilines is 1. The Morgan fingerprint density at radius 3 is 2.48 bits per heavy atom. The van der Waals surface area contributed by atoms with E-state index in [1.54, 1.807) is 11.3 Å². The Balaban J connectivity index is 1.33. The Kier molecular flexibility index (Phi) is 6.80. The van der Waals surface area contributed by atoms with Crippen molar-refractivity contribution in [1.82, 2.24) is 14.8 Å². The Labute approximate surface area is 188 Å². The maximum atomic E-state index is 12.4. The van der Waals surface area contributed by atoms with Crippen LogP contribution in [-0.4, -0.2) is 53.9 Å². The number of nitrogens with one attached hydrogen (secondary N) is 1. The number of piperazine rings is 1. The molecule has 1 fully saturated rings. The molecule has 0 atom stereocenters. The maximum absolute atomic E-state index is 12.4. The molecule has 5 nitrogen and oxygen atoms in total. The molecule has 0 radical (unpaired) electrons. The summed E-state index contributed by atoms with van der Waals surface area (Å²) in [6.45, 7) is 9.63. The molecule has 1 amide bonds. The predicted molar refractivity (Wildman–Crippen MR) is 129 cm³/mol. The van der Waals surface area contributed by atoms with Crippen LogP contribution in [0.4, 0.5) is 5.69 Å². The minimum absolute atomic E-state index is 0.0392. The molecule has 1 aliphatic rings. The SMILES string of the molecule is Cc1ccc(NC(=O)Cc2csc(-c3ccc(CN4CCN(C)CC4)cc3)n2)cc1C. The predicted octanol–water partition coefficient (Wildman–Crippen LogP) is 4.36. The van der Waals surface area contributed by atoms with Crippen molar-refractivity contribution in [1.29, 1.82) is 0 Å². The van der Waals surface area contributed by atoms with Gasteiger partial charge in [-0.3, -0.25) is 9.69 Å². The third-order valence-corrected chi connectivity index (χ3v) is 6.83. The number of amides is 1. The number of hydrogen-bond acceptors (Lipinski definition) is 5. The second kappa shape index (κ2) is 9.73. The fraction of sp³-hybridized carbons (Fsp3) is 0.360. The van der Waals surface area contributed by atoms with Crippen molar-refractivity contribution in [2.45, 2.75) is 26.8 Å². The fourth-order valence-electron chi connectivity index (χ4n) is 3.73. The number of hydrogen-bond donors (Lipinski definition) is 1. The molecular formula is C25H30N4OS. The van der Waals surface area contributed by atoms with Crippen LogP contribution in [-0.2, 0) is 17.8 Å². The van der Waals surface area contributed by atoms with Gasteiger partial charge in [0.15, 0.2) is 0 Å². The number of rotatable bonds is 6. The average molecular weight is 435 g/mol. The molecule has 0 spiro atoms. The molecule has 31 heavy (non-hydrogen) atoms. The van der Waals surface area contributed by atoms with Gasteiger partial charge >= 0.3 is 0 Å². The number of thiazole rings is 1. The number of carbonyl (C=O) groups is 1.